The molecule has 6 rings (SSSR count). The average molecular weight is 378 g/mol. The standard InChI is InChI=1S/C24H18N4O/c29-23-24(26-20-12-6-4-10-18(20)21-14-15-25-28(21)24)19-11-5-7-13-22(19)27(23)16-17-8-2-1-3-9-17/h1-15,26H,16H2. The number of carbonyl (C=O) groups is 1. The number of hydrogen-bond acceptors (Lipinski definition) is 3. The van der Waals surface area contributed by atoms with Crippen LogP contribution in [-0.2, 0) is 17.0 Å². The molecule has 5 heteroatoms. The summed E-state index contributed by atoms with van der Waals surface area (Å²) in [6.07, 6.45) is 1.76. The molecule has 0 saturated heterocycles. The molecule has 0 aliphatic carbocycles. The zero-order valence-electron chi connectivity index (χ0n) is 15.6. The molecule has 140 valence electrons. The predicted molar refractivity (Wildman–Crippen MR) is 112 cm³/mol. The van der Waals surface area contributed by atoms with Crippen LogP contribution in [0.1, 0.15) is 11.1 Å². The number of nitrogens with one attached hydrogen (secondary N) is 1. The molecule has 3 heterocycles. The van der Waals surface area contributed by atoms with Crippen molar-refractivity contribution in [1.82, 2.24) is 9.78 Å². The van der Waals surface area contributed by atoms with Crippen molar-refractivity contribution in [2.45, 2.75) is 12.2 Å². The third kappa shape index (κ3) is 2.10. The molecular weight excluding hydrogens is 360 g/mol. The molecule has 1 atom stereocenters. The van der Waals surface area contributed by atoms with E-state index in [1.165, 1.54) is 0 Å². The lowest BCUT2D eigenvalue weighted by Gasteiger charge is -2.37. The van der Waals surface area contributed by atoms with Gasteiger partial charge in [0.15, 0.2) is 0 Å². The van der Waals surface area contributed by atoms with E-state index in [1.54, 1.807) is 6.20 Å². The SMILES string of the molecule is O=C1N(Cc2ccccc2)c2ccccc2C12Nc1ccccc1-c1ccnn12. The van der Waals surface area contributed by atoms with Gasteiger partial charge in [0.1, 0.15) is 0 Å². The Balaban J connectivity index is 1.57. The first kappa shape index (κ1) is 16.1. The number of carbonyl (C=O) groups excluding carboxylic acids is 1. The molecule has 0 radical (unpaired) electrons. The van der Waals surface area contributed by atoms with Crippen molar-refractivity contribution in [3.8, 4) is 11.3 Å². The summed E-state index contributed by atoms with van der Waals surface area (Å²) in [4.78, 5) is 15.9. The van der Waals surface area contributed by atoms with Gasteiger partial charge in [-0.05, 0) is 23.8 Å². The third-order valence-electron chi connectivity index (χ3n) is 5.80. The first-order chi connectivity index (χ1) is 14.3. The van der Waals surface area contributed by atoms with Crippen LogP contribution in [0.2, 0.25) is 0 Å². The minimum absolute atomic E-state index is 0.0259. The van der Waals surface area contributed by atoms with Crippen molar-refractivity contribution in [2.75, 3.05) is 10.2 Å². The summed E-state index contributed by atoms with van der Waals surface area (Å²) < 4.78 is 1.83. The number of anilines is 2. The van der Waals surface area contributed by atoms with Crippen LogP contribution in [0, 0.1) is 0 Å². The second-order valence-electron chi connectivity index (χ2n) is 7.40. The van der Waals surface area contributed by atoms with Crippen LogP contribution in [-0.4, -0.2) is 15.7 Å². The molecule has 0 bridgehead atoms. The topological polar surface area (TPSA) is 50.2 Å². The Labute approximate surface area is 168 Å². The number of aromatic nitrogens is 2. The van der Waals surface area contributed by atoms with Crippen LogP contribution in [0.15, 0.2) is 91.1 Å². The molecule has 2 aliphatic heterocycles. The number of fused-ring (bicyclic) bond motifs is 6. The Morgan fingerprint density at radius 2 is 1.62 bits per heavy atom. The van der Waals surface area contributed by atoms with Crippen LogP contribution < -0.4 is 10.2 Å². The highest BCUT2D eigenvalue weighted by molar-refractivity contribution is 6.10. The van der Waals surface area contributed by atoms with E-state index < -0.39 is 5.66 Å². The summed E-state index contributed by atoms with van der Waals surface area (Å²) in [5.74, 6) is -0.0259. The zero-order chi connectivity index (χ0) is 19.4. The van der Waals surface area contributed by atoms with E-state index in [2.05, 4.69) is 16.5 Å². The van der Waals surface area contributed by atoms with Crippen LogP contribution in [0.25, 0.3) is 11.3 Å². The lowest BCUT2D eigenvalue weighted by atomic mass is 9.95. The number of hydrogen-bond donors (Lipinski definition) is 1. The van der Waals surface area contributed by atoms with E-state index in [0.717, 1.165) is 33.8 Å². The fourth-order valence-electron chi connectivity index (χ4n) is 4.52. The van der Waals surface area contributed by atoms with Gasteiger partial charge in [-0.15, -0.1) is 0 Å². The van der Waals surface area contributed by atoms with Crippen molar-refractivity contribution in [3.05, 3.63) is 102 Å². The van der Waals surface area contributed by atoms with E-state index in [9.17, 15) is 4.79 Å². The summed E-state index contributed by atoms with van der Waals surface area (Å²) in [5.41, 5.74) is 4.75. The van der Waals surface area contributed by atoms with Crippen LogP contribution in [0.3, 0.4) is 0 Å². The number of amides is 1. The minimum Gasteiger partial charge on any atom is -0.349 e. The highest BCUT2D eigenvalue weighted by Crippen LogP contribution is 2.49. The molecule has 5 nitrogen and oxygen atoms in total. The molecule has 2 aliphatic rings. The largest absolute Gasteiger partial charge is 0.349 e. The highest BCUT2D eigenvalue weighted by atomic mass is 16.2. The maximum absolute atomic E-state index is 14.0. The Kier molecular flexibility index (Phi) is 3.23. The maximum Gasteiger partial charge on any atom is 0.280 e. The molecule has 1 aromatic heterocycles. The maximum atomic E-state index is 14.0. The molecule has 3 aromatic carbocycles. The van der Waals surface area contributed by atoms with E-state index in [1.807, 2.05) is 88.4 Å². The lowest BCUT2D eigenvalue weighted by molar-refractivity contribution is -0.123. The molecule has 1 amide bonds. The van der Waals surface area contributed by atoms with Crippen molar-refractivity contribution < 1.29 is 4.79 Å². The van der Waals surface area contributed by atoms with Gasteiger partial charge in [-0.1, -0.05) is 66.7 Å². The van der Waals surface area contributed by atoms with Gasteiger partial charge in [-0.2, -0.15) is 5.10 Å². The van der Waals surface area contributed by atoms with Gasteiger partial charge in [-0.3, -0.25) is 4.79 Å². The molecule has 4 aromatic rings. The van der Waals surface area contributed by atoms with Crippen LogP contribution in [0.5, 0.6) is 0 Å². The Bertz CT molecular complexity index is 1250. The second-order valence-corrected chi connectivity index (χ2v) is 7.40. The van der Waals surface area contributed by atoms with Gasteiger partial charge < -0.3 is 10.2 Å². The van der Waals surface area contributed by atoms with Gasteiger partial charge in [0.2, 0.25) is 5.66 Å². The third-order valence-corrected chi connectivity index (χ3v) is 5.80. The Hall–Kier alpha value is -3.86. The predicted octanol–water partition coefficient (Wildman–Crippen LogP) is 4.22. The quantitative estimate of drug-likeness (QED) is 0.568. The van der Waals surface area contributed by atoms with Gasteiger partial charge in [0.25, 0.3) is 5.91 Å². The number of para-hydroxylation sites is 2. The van der Waals surface area contributed by atoms with E-state index in [-0.39, 0.29) is 5.91 Å². The fourth-order valence-corrected chi connectivity index (χ4v) is 4.52. The van der Waals surface area contributed by atoms with E-state index in [4.69, 9.17) is 0 Å². The Morgan fingerprint density at radius 1 is 0.862 bits per heavy atom. The molecule has 29 heavy (non-hydrogen) atoms. The van der Waals surface area contributed by atoms with Crippen molar-refractivity contribution in [1.29, 1.82) is 0 Å². The number of benzene rings is 3. The molecule has 0 fully saturated rings. The van der Waals surface area contributed by atoms with Gasteiger partial charge >= 0.3 is 0 Å². The summed E-state index contributed by atoms with van der Waals surface area (Å²) in [7, 11) is 0. The minimum atomic E-state index is -1.08. The van der Waals surface area contributed by atoms with Crippen LogP contribution >= 0.6 is 0 Å². The van der Waals surface area contributed by atoms with Gasteiger partial charge in [0.05, 0.1) is 17.9 Å². The summed E-state index contributed by atoms with van der Waals surface area (Å²) in [5, 5.41) is 8.13. The van der Waals surface area contributed by atoms with E-state index >= 15 is 0 Å². The first-order valence-corrected chi connectivity index (χ1v) is 9.66. The van der Waals surface area contributed by atoms with Crippen molar-refractivity contribution >= 4 is 17.3 Å². The summed E-state index contributed by atoms with van der Waals surface area (Å²) >= 11 is 0. The number of nitrogens with zero attached hydrogens (tertiary/aromatic N) is 3. The summed E-state index contributed by atoms with van der Waals surface area (Å²) in [6, 6.07) is 28.1. The monoisotopic (exact) mass is 378 g/mol. The molecule has 1 spiro atoms. The van der Waals surface area contributed by atoms with Crippen molar-refractivity contribution in [2.24, 2.45) is 0 Å². The van der Waals surface area contributed by atoms with Crippen LogP contribution in [0.4, 0.5) is 11.4 Å². The molecular formula is C24H18N4O. The molecule has 1 unspecified atom stereocenters. The van der Waals surface area contributed by atoms with E-state index in [0.29, 0.717) is 6.54 Å². The Morgan fingerprint density at radius 3 is 2.52 bits per heavy atom. The normalized spacial score (nSPS) is 18.9. The summed E-state index contributed by atoms with van der Waals surface area (Å²) in [6.45, 7) is 0.512. The lowest BCUT2D eigenvalue weighted by Crippen LogP contribution is -2.53. The van der Waals surface area contributed by atoms with Gasteiger partial charge in [-0.25, -0.2) is 4.68 Å². The molecule has 1 N–H and O–H groups in total. The number of rotatable bonds is 2. The highest BCUT2D eigenvalue weighted by Gasteiger charge is 2.55. The smallest absolute Gasteiger partial charge is 0.280 e. The first-order valence-electron chi connectivity index (χ1n) is 9.66. The fraction of sp³-hybridized carbons (Fsp3) is 0.0833. The van der Waals surface area contributed by atoms with Gasteiger partial charge in [0, 0.05) is 23.0 Å². The molecule has 0 saturated carbocycles. The van der Waals surface area contributed by atoms with Crippen molar-refractivity contribution in [3.63, 3.8) is 0 Å². The zero-order valence-corrected chi connectivity index (χ0v) is 15.6. The average Bonchev–Trinajstić information content (AvgIpc) is 3.35. The second kappa shape index (κ2) is 5.82.